The number of Topliss-reactive ketones (excluding diaryl/α,β-unsaturated/α-hetero) is 1. The fraction of sp³-hybridized carbons (Fsp3) is 0.647. The van der Waals surface area contributed by atoms with E-state index in [0.717, 1.165) is 25.7 Å². The Morgan fingerprint density at radius 2 is 2.00 bits per heavy atom. The van der Waals surface area contributed by atoms with Gasteiger partial charge in [0.15, 0.2) is 0 Å². The van der Waals surface area contributed by atoms with Gasteiger partial charge in [-0.25, -0.2) is 0 Å². The van der Waals surface area contributed by atoms with E-state index in [0.29, 0.717) is 25.4 Å². The van der Waals surface area contributed by atoms with Crippen molar-refractivity contribution in [3.05, 3.63) is 24.3 Å². The van der Waals surface area contributed by atoms with Gasteiger partial charge in [-0.2, -0.15) is 0 Å². The fourth-order valence-corrected chi connectivity index (χ4v) is 2.24. The number of aliphatic hydroxyl groups excluding tert-OH is 1. The fourth-order valence-electron chi connectivity index (χ4n) is 2.24. The van der Waals surface area contributed by atoms with Crippen LogP contribution in [0.5, 0.6) is 0 Å². The van der Waals surface area contributed by atoms with Gasteiger partial charge in [-0.1, -0.05) is 30.7 Å². The van der Waals surface area contributed by atoms with E-state index in [9.17, 15) is 14.7 Å². The Morgan fingerprint density at radius 1 is 1.23 bits per heavy atom. The first-order chi connectivity index (χ1) is 10.6. The van der Waals surface area contributed by atoms with Gasteiger partial charge >= 0.3 is 5.97 Å². The summed E-state index contributed by atoms with van der Waals surface area (Å²) in [6, 6.07) is 0. The van der Waals surface area contributed by atoms with Crippen LogP contribution in [0.3, 0.4) is 0 Å². The number of ketones is 1. The van der Waals surface area contributed by atoms with Crippen LogP contribution >= 0.6 is 0 Å². The Bertz CT molecular complexity index is 403. The van der Waals surface area contributed by atoms with Crippen LogP contribution < -0.4 is 5.73 Å². The maximum atomic E-state index is 11.6. The van der Waals surface area contributed by atoms with Crippen molar-refractivity contribution >= 4 is 11.8 Å². The molecular formula is C17H27NO4. The Kier molecular flexibility index (Phi) is 9.42. The van der Waals surface area contributed by atoms with Crippen molar-refractivity contribution in [2.75, 3.05) is 13.2 Å². The van der Waals surface area contributed by atoms with Gasteiger partial charge in [-0.05, 0) is 19.3 Å². The van der Waals surface area contributed by atoms with E-state index in [2.05, 4.69) is 12.2 Å². The maximum absolute atomic E-state index is 11.6. The maximum Gasteiger partial charge on any atom is 0.305 e. The number of allylic oxidation sites excluding steroid dienone is 3. The summed E-state index contributed by atoms with van der Waals surface area (Å²) in [5.74, 6) is 0.144. The number of unbranched alkanes of at least 4 members (excludes halogenated alkanes) is 2. The molecule has 124 valence electrons. The summed E-state index contributed by atoms with van der Waals surface area (Å²) in [6.07, 6.45) is 11.5. The van der Waals surface area contributed by atoms with Crippen molar-refractivity contribution in [2.24, 2.45) is 11.7 Å². The Balaban J connectivity index is 1.97. The lowest BCUT2D eigenvalue weighted by atomic mass is 10.0. The van der Waals surface area contributed by atoms with Crippen molar-refractivity contribution in [3.63, 3.8) is 0 Å². The second-order valence-electron chi connectivity index (χ2n) is 5.68. The van der Waals surface area contributed by atoms with E-state index < -0.39 is 6.10 Å². The molecule has 5 nitrogen and oxygen atoms in total. The molecule has 0 fully saturated rings. The van der Waals surface area contributed by atoms with Gasteiger partial charge in [0.05, 0.1) is 12.7 Å². The summed E-state index contributed by atoms with van der Waals surface area (Å²) in [7, 11) is 0. The summed E-state index contributed by atoms with van der Waals surface area (Å²) in [5, 5.41) is 9.25. The van der Waals surface area contributed by atoms with Gasteiger partial charge in [0.2, 0.25) is 0 Å². The molecule has 3 N–H and O–H groups in total. The summed E-state index contributed by atoms with van der Waals surface area (Å²) in [4.78, 5) is 23.1. The molecule has 0 spiro atoms. The lowest BCUT2D eigenvalue weighted by molar-refractivity contribution is -0.144. The van der Waals surface area contributed by atoms with Gasteiger partial charge in [0.1, 0.15) is 5.78 Å². The quantitative estimate of drug-likeness (QED) is 0.449. The van der Waals surface area contributed by atoms with Crippen LogP contribution in [0.15, 0.2) is 24.3 Å². The van der Waals surface area contributed by atoms with E-state index in [1.54, 1.807) is 0 Å². The molecule has 0 bridgehead atoms. The molecule has 2 atom stereocenters. The number of ether oxygens (including phenoxy) is 1. The van der Waals surface area contributed by atoms with Gasteiger partial charge < -0.3 is 15.6 Å². The zero-order valence-corrected chi connectivity index (χ0v) is 13.1. The van der Waals surface area contributed by atoms with Crippen LogP contribution in [-0.2, 0) is 14.3 Å². The van der Waals surface area contributed by atoms with Gasteiger partial charge in [0, 0.05) is 31.7 Å². The molecule has 0 saturated heterocycles. The zero-order valence-electron chi connectivity index (χ0n) is 13.1. The van der Waals surface area contributed by atoms with Crippen molar-refractivity contribution in [3.8, 4) is 0 Å². The number of nitrogens with two attached hydrogens (primary N) is 1. The van der Waals surface area contributed by atoms with Crippen LogP contribution in [-0.4, -0.2) is 36.1 Å². The molecule has 0 aromatic carbocycles. The molecule has 0 radical (unpaired) electrons. The highest BCUT2D eigenvalue weighted by Crippen LogP contribution is 2.12. The van der Waals surface area contributed by atoms with Gasteiger partial charge in [-0.15, -0.1) is 0 Å². The minimum Gasteiger partial charge on any atom is -0.465 e. The molecule has 1 aliphatic rings. The van der Waals surface area contributed by atoms with Gasteiger partial charge in [0.25, 0.3) is 0 Å². The third kappa shape index (κ3) is 8.74. The average molecular weight is 309 g/mol. The van der Waals surface area contributed by atoms with Crippen molar-refractivity contribution < 1.29 is 19.4 Å². The second-order valence-corrected chi connectivity index (χ2v) is 5.68. The number of esters is 1. The summed E-state index contributed by atoms with van der Waals surface area (Å²) < 4.78 is 5.24. The molecule has 2 unspecified atom stereocenters. The largest absolute Gasteiger partial charge is 0.465 e. The van der Waals surface area contributed by atoms with Gasteiger partial charge in [-0.3, -0.25) is 9.59 Å². The molecular weight excluding hydrogens is 282 g/mol. The molecule has 1 aliphatic carbocycles. The van der Waals surface area contributed by atoms with E-state index in [1.165, 1.54) is 0 Å². The number of hydrogen-bond acceptors (Lipinski definition) is 5. The molecule has 22 heavy (non-hydrogen) atoms. The average Bonchev–Trinajstić information content (AvgIpc) is 2.53. The minimum atomic E-state index is -0.730. The molecule has 5 heteroatoms. The number of aliphatic hydroxyl groups is 1. The Morgan fingerprint density at radius 3 is 2.68 bits per heavy atom. The number of carbonyl (C=O) groups is 2. The lowest BCUT2D eigenvalue weighted by Gasteiger charge is -2.13. The van der Waals surface area contributed by atoms with Crippen LogP contribution in [0.2, 0.25) is 0 Å². The summed E-state index contributed by atoms with van der Waals surface area (Å²) >= 11 is 0. The highest BCUT2D eigenvalue weighted by Gasteiger charge is 2.11. The molecule has 0 aromatic rings. The molecule has 0 heterocycles. The first kappa shape index (κ1) is 18.6. The van der Waals surface area contributed by atoms with Crippen molar-refractivity contribution in [2.45, 2.75) is 51.0 Å². The van der Waals surface area contributed by atoms with E-state index >= 15 is 0 Å². The normalized spacial score (nSPS) is 18.2. The smallest absolute Gasteiger partial charge is 0.305 e. The third-order valence-electron chi connectivity index (χ3n) is 3.60. The van der Waals surface area contributed by atoms with Crippen LogP contribution in [0.1, 0.15) is 44.9 Å². The molecule has 0 aliphatic heterocycles. The van der Waals surface area contributed by atoms with Crippen molar-refractivity contribution in [1.29, 1.82) is 0 Å². The monoisotopic (exact) mass is 309 g/mol. The SMILES string of the molecule is NCC(O)CC(=O)CCCCCC(=O)OCC1C=CC=CC1. The first-order valence-electron chi connectivity index (χ1n) is 8.00. The molecule has 0 amide bonds. The predicted octanol–water partition coefficient (Wildman–Crippen LogP) is 1.89. The Hall–Kier alpha value is -1.46. The van der Waals surface area contributed by atoms with Crippen LogP contribution in [0.25, 0.3) is 0 Å². The number of hydrogen-bond donors (Lipinski definition) is 2. The van der Waals surface area contributed by atoms with E-state index in [-0.39, 0.29) is 24.7 Å². The standard InChI is InChI=1S/C17H27NO4/c18-12-16(20)11-15(19)9-5-2-6-10-17(21)22-13-14-7-3-1-4-8-14/h1,3-4,7,14,16,20H,2,5-6,8-13,18H2. The first-order valence-corrected chi connectivity index (χ1v) is 8.00. The molecule has 1 rings (SSSR count). The topological polar surface area (TPSA) is 89.6 Å². The van der Waals surface area contributed by atoms with Crippen LogP contribution in [0, 0.1) is 5.92 Å². The van der Waals surface area contributed by atoms with E-state index in [1.807, 2.05) is 12.2 Å². The number of rotatable bonds is 11. The number of carbonyl (C=O) groups excluding carboxylic acids is 2. The molecule has 0 saturated carbocycles. The Labute approximate surface area is 132 Å². The summed E-state index contributed by atoms with van der Waals surface area (Å²) in [5.41, 5.74) is 5.25. The predicted molar refractivity (Wildman–Crippen MR) is 85.1 cm³/mol. The highest BCUT2D eigenvalue weighted by molar-refractivity contribution is 5.78. The lowest BCUT2D eigenvalue weighted by Crippen LogP contribution is -2.22. The van der Waals surface area contributed by atoms with E-state index in [4.69, 9.17) is 10.5 Å². The summed E-state index contributed by atoms with van der Waals surface area (Å²) in [6.45, 7) is 0.554. The van der Waals surface area contributed by atoms with Crippen molar-refractivity contribution in [1.82, 2.24) is 0 Å². The zero-order chi connectivity index (χ0) is 16.2. The molecule has 0 aromatic heterocycles. The highest BCUT2D eigenvalue weighted by atomic mass is 16.5. The third-order valence-corrected chi connectivity index (χ3v) is 3.60. The second kappa shape index (κ2) is 11.2. The van der Waals surface area contributed by atoms with Crippen LogP contribution in [0.4, 0.5) is 0 Å². The minimum absolute atomic E-state index is 0.0256.